The van der Waals surface area contributed by atoms with E-state index in [-0.39, 0.29) is 5.54 Å². The average molecular weight is 261 g/mol. The molecule has 0 saturated carbocycles. The zero-order valence-electron chi connectivity index (χ0n) is 11.6. The second kappa shape index (κ2) is 5.01. The smallest absolute Gasteiger partial charge is 0.406 e. The first-order valence-electron chi connectivity index (χ1n) is 6.23. The highest BCUT2D eigenvalue weighted by atomic mass is 16.4. The number of oxazole rings is 1. The van der Waals surface area contributed by atoms with E-state index in [1.165, 1.54) is 4.57 Å². The van der Waals surface area contributed by atoms with Gasteiger partial charge in [-0.15, -0.1) is 0 Å². The molecule has 0 amide bonds. The van der Waals surface area contributed by atoms with Crippen LogP contribution in [-0.4, -0.2) is 21.6 Å². The molecule has 0 fully saturated rings. The van der Waals surface area contributed by atoms with Crippen LogP contribution in [0.1, 0.15) is 20.8 Å². The van der Waals surface area contributed by atoms with E-state index in [1.807, 2.05) is 0 Å². The highest BCUT2D eigenvalue weighted by molar-refractivity contribution is 5.67. The first-order valence-corrected chi connectivity index (χ1v) is 6.23. The summed E-state index contributed by atoms with van der Waals surface area (Å²) in [4.78, 5) is 15.9. The Morgan fingerprint density at radius 2 is 2.26 bits per heavy atom. The second-order valence-corrected chi connectivity index (χ2v) is 5.63. The molecule has 0 aliphatic heterocycles. The van der Waals surface area contributed by atoms with Crippen molar-refractivity contribution in [3.63, 3.8) is 0 Å². The third-order valence-corrected chi connectivity index (χ3v) is 2.67. The number of nitrogens with one attached hydrogen (secondary N) is 1. The minimum atomic E-state index is -0.398. The molecule has 19 heavy (non-hydrogen) atoms. The minimum absolute atomic E-state index is 0.0185. The third-order valence-electron chi connectivity index (χ3n) is 2.67. The number of fused-ring (bicyclic) bond motifs is 1. The molecule has 2 aromatic rings. The van der Waals surface area contributed by atoms with Gasteiger partial charge in [-0.25, -0.2) is 9.78 Å². The molecule has 2 heterocycles. The molecule has 0 bridgehead atoms. The molecule has 5 heteroatoms. The van der Waals surface area contributed by atoms with Crippen LogP contribution in [0.4, 0.5) is 0 Å². The van der Waals surface area contributed by atoms with Crippen molar-refractivity contribution in [2.45, 2.75) is 32.9 Å². The second-order valence-electron chi connectivity index (χ2n) is 5.63. The topological polar surface area (TPSA) is 60.1 Å². The summed E-state index contributed by atoms with van der Waals surface area (Å²) in [6.07, 6.45) is 1.64. The minimum Gasteiger partial charge on any atom is -0.406 e. The molecule has 0 saturated heterocycles. The van der Waals surface area contributed by atoms with Crippen molar-refractivity contribution in [3.05, 3.63) is 41.0 Å². The fourth-order valence-corrected chi connectivity index (χ4v) is 1.71. The molecule has 0 radical (unpaired) electrons. The first-order chi connectivity index (χ1) is 8.87. The highest BCUT2D eigenvalue weighted by Gasteiger charge is 2.12. The molecule has 102 valence electrons. The van der Waals surface area contributed by atoms with Gasteiger partial charge >= 0.3 is 5.76 Å². The van der Waals surface area contributed by atoms with Gasteiger partial charge < -0.3 is 9.73 Å². The third kappa shape index (κ3) is 3.32. The maximum Gasteiger partial charge on any atom is 0.421 e. The van der Waals surface area contributed by atoms with Gasteiger partial charge in [0.1, 0.15) is 0 Å². The lowest BCUT2D eigenvalue weighted by molar-refractivity contribution is 0.438. The van der Waals surface area contributed by atoms with E-state index in [0.717, 1.165) is 5.57 Å². The average Bonchev–Trinajstić information content (AvgIpc) is 2.63. The molecule has 0 spiro atoms. The van der Waals surface area contributed by atoms with Gasteiger partial charge in [0.25, 0.3) is 0 Å². The first kappa shape index (κ1) is 13.5. The SMILES string of the molecule is C=C(CNC(C)(C)C)Cn1c(=O)oc2cccnc21. The van der Waals surface area contributed by atoms with Crippen molar-refractivity contribution in [2.24, 2.45) is 0 Å². The van der Waals surface area contributed by atoms with Crippen molar-refractivity contribution in [1.29, 1.82) is 0 Å². The summed E-state index contributed by atoms with van der Waals surface area (Å²) < 4.78 is 6.63. The zero-order chi connectivity index (χ0) is 14.0. The normalized spacial score (nSPS) is 11.9. The fraction of sp³-hybridized carbons (Fsp3) is 0.429. The van der Waals surface area contributed by atoms with Gasteiger partial charge in [0.2, 0.25) is 0 Å². The Morgan fingerprint density at radius 1 is 1.53 bits per heavy atom. The zero-order valence-corrected chi connectivity index (χ0v) is 11.6. The summed E-state index contributed by atoms with van der Waals surface area (Å²) in [6, 6.07) is 3.47. The Kier molecular flexibility index (Phi) is 3.57. The van der Waals surface area contributed by atoms with E-state index < -0.39 is 5.76 Å². The van der Waals surface area contributed by atoms with E-state index in [2.05, 4.69) is 37.7 Å². The summed E-state index contributed by atoms with van der Waals surface area (Å²) in [7, 11) is 0. The Balaban J connectivity index is 2.15. The summed E-state index contributed by atoms with van der Waals surface area (Å²) in [5.41, 5.74) is 1.99. The van der Waals surface area contributed by atoms with Crippen LogP contribution < -0.4 is 11.1 Å². The lowest BCUT2D eigenvalue weighted by Gasteiger charge is -2.21. The van der Waals surface area contributed by atoms with E-state index in [0.29, 0.717) is 24.3 Å². The van der Waals surface area contributed by atoms with Crippen LogP contribution in [0.15, 0.2) is 39.7 Å². The van der Waals surface area contributed by atoms with Gasteiger partial charge in [-0.05, 0) is 38.5 Å². The van der Waals surface area contributed by atoms with Gasteiger partial charge in [-0.2, -0.15) is 0 Å². The Labute approximate surface area is 111 Å². The molecule has 2 rings (SSSR count). The Bertz CT molecular complexity index is 646. The molecule has 2 aromatic heterocycles. The molecule has 0 atom stereocenters. The van der Waals surface area contributed by atoms with Crippen molar-refractivity contribution in [2.75, 3.05) is 6.54 Å². The maximum atomic E-state index is 11.8. The van der Waals surface area contributed by atoms with Gasteiger partial charge in [0.15, 0.2) is 11.2 Å². The van der Waals surface area contributed by atoms with Gasteiger partial charge in [-0.1, -0.05) is 6.58 Å². The van der Waals surface area contributed by atoms with Crippen LogP contribution in [0.2, 0.25) is 0 Å². The van der Waals surface area contributed by atoms with E-state index >= 15 is 0 Å². The molecule has 0 unspecified atom stereocenters. The van der Waals surface area contributed by atoms with Crippen LogP contribution in [0.3, 0.4) is 0 Å². The summed E-state index contributed by atoms with van der Waals surface area (Å²) in [6.45, 7) is 11.3. The highest BCUT2D eigenvalue weighted by Crippen LogP contribution is 2.10. The molecular formula is C14H19N3O2. The summed E-state index contributed by atoms with van der Waals surface area (Å²) in [5.74, 6) is -0.398. The monoisotopic (exact) mass is 261 g/mol. The molecule has 1 N–H and O–H groups in total. The standard InChI is InChI=1S/C14H19N3O2/c1-10(8-16-14(2,3)4)9-17-12-11(19-13(17)18)6-5-7-15-12/h5-7,16H,1,8-9H2,2-4H3. The summed E-state index contributed by atoms with van der Waals surface area (Å²) in [5, 5.41) is 3.34. The van der Waals surface area contributed by atoms with Crippen molar-refractivity contribution in [1.82, 2.24) is 14.9 Å². The number of pyridine rings is 1. The Morgan fingerprint density at radius 3 is 2.95 bits per heavy atom. The number of aromatic nitrogens is 2. The van der Waals surface area contributed by atoms with Crippen LogP contribution in [0, 0.1) is 0 Å². The number of hydrogen-bond donors (Lipinski definition) is 1. The van der Waals surface area contributed by atoms with Gasteiger partial charge in [0.05, 0.1) is 6.54 Å². The molecule has 0 aliphatic carbocycles. The lowest BCUT2D eigenvalue weighted by Crippen LogP contribution is -2.37. The summed E-state index contributed by atoms with van der Waals surface area (Å²) >= 11 is 0. The molecule has 5 nitrogen and oxygen atoms in total. The van der Waals surface area contributed by atoms with E-state index in [9.17, 15) is 4.79 Å². The molecule has 0 aromatic carbocycles. The van der Waals surface area contributed by atoms with Crippen molar-refractivity contribution in [3.8, 4) is 0 Å². The van der Waals surface area contributed by atoms with Gasteiger partial charge in [-0.3, -0.25) is 4.57 Å². The fourth-order valence-electron chi connectivity index (χ4n) is 1.71. The van der Waals surface area contributed by atoms with Crippen LogP contribution in [0.25, 0.3) is 11.2 Å². The maximum absolute atomic E-state index is 11.8. The number of rotatable bonds is 4. The van der Waals surface area contributed by atoms with E-state index in [1.54, 1.807) is 18.3 Å². The number of hydrogen-bond acceptors (Lipinski definition) is 4. The van der Waals surface area contributed by atoms with Crippen LogP contribution >= 0.6 is 0 Å². The van der Waals surface area contributed by atoms with E-state index in [4.69, 9.17) is 4.42 Å². The van der Waals surface area contributed by atoms with Gasteiger partial charge in [0, 0.05) is 18.3 Å². The molecule has 0 aliphatic rings. The lowest BCUT2D eigenvalue weighted by atomic mass is 10.1. The van der Waals surface area contributed by atoms with Crippen LogP contribution in [-0.2, 0) is 6.54 Å². The predicted octanol–water partition coefficient (Wildman–Crippen LogP) is 1.93. The van der Waals surface area contributed by atoms with Crippen molar-refractivity contribution < 1.29 is 4.42 Å². The Hall–Kier alpha value is -1.88. The quantitative estimate of drug-likeness (QED) is 0.854. The number of nitrogens with zero attached hydrogens (tertiary/aromatic N) is 2. The molecular weight excluding hydrogens is 242 g/mol. The predicted molar refractivity (Wildman–Crippen MR) is 75.2 cm³/mol. The largest absolute Gasteiger partial charge is 0.421 e. The van der Waals surface area contributed by atoms with Crippen LogP contribution in [0.5, 0.6) is 0 Å². The van der Waals surface area contributed by atoms with Crippen molar-refractivity contribution >= 4 is 11.2 Å².